The minimum atomic E-state index is -0.492. The number of halogens is 11. The number of rotatable bonds is 4. The summed E-state index contributed by atoms with van der Waals surface area (Å²) in [6.45, 7) is 0. The van der Waals surface area contributed by atoms with Crippen molar-refractivity contribution >= 4 is 104 Å². The fourth-order valence-electron chi connectivity index (χ4n) is 3.94. The third kappa shape index (κ3) is 14.6. The molecular weight excluding hydrogens is 1050 g/mol. The Labute approximate surface area is 347 Å². The summed E-state index contributed by atoms with van der Waals surface area (Å²) in [6.07, 6.45) is 9.95. The van der Waals surface area contributed by atoms with E-state index in [1.807, 2.05) is 6.20 Å². The number of anilines is 2. The van der Waals surface area contributed by atoms with E-state index in [0.717, 1.165) is 0 Å². The Bertz CT molecular complexity index is 2180. The fraction of sp³-hybridized carbons (Fsp3) is 0.0303. The lowest BCUT2D eigenvalue weighted by atomic mass is 10.1. The third-order valence-electron chi connectivity index (χ3n) is 6.20. The van der Waals surface area contributed by atoms with Crippen LogP contribution in [0.1, 0.15) is 10.4 Å². The number of fused-ring (bicyclic) bond motifs is 1. The molecule has 0 aliphatic heterocycles. The minimum Gasteiger partial charge on any atom is -0.369 e. The quantitative estimate of drug-likeness (QED) is 0.0895. The second kappa shape index (κ2) is 24.3. The van der Waals surface area contributed by atoms with Crippen LogP contribution in [0, 0.1) is 17.5 Å². The largest absolute Gasteiger partial charge is 0.369 e. The highest BCUT2D eigenvalue weighted by Crippen LogP contribution is 2.26. The van der Waals surface area contributed by atoms with E-state index in [9.17, 15) is 18.0 Å². The number of benzene rings is 3. The fourth-order valence-corrected chi connectivity index (χ4v) is 5.24. The number of nitrogen functional groups attached to an aromatic ring is 2. The van der Waals surface area contributed by atoms with E-state index in [0.29, 0.717) is 47.7 Å². The molecule has 0 unspecified atom stereocenters. The number of H-pyrrole nitrogens is 1. The second-order valence-electron chi connectivity index (χ2n) is 9.67. The number of nitrogens with zero attached hydrogens (tertiary/aromatic N) is 6. The number of imidazole rings is 2. The highest BCUT2D eigenvalue weighted by atomic mass is 79.9. The van der Waals surface area contributed by atoms with Crippen LogP contribution in [0.15, 0.2) is 117 Å². The molecule has 10 nitrogen and oxygen atoms in total. The number of carbonyl (C=O) groups is 1. The molecule has 0 bridgehead atoms. The van der Waals surface area contributed by atoms with Crippen molar-refractivity contribution in [1.82, 2.24) is 34.3 Å². The lowest BCUT2D eigenvalue weighted by Crippen LogP contribution is -2.02. The van der Waals surface area contributed by atoms with Gasteiger partial charge < -0.3 is 16.5 Å². The molecule has 4 heterocycles. The maximum atomic E-state index is 13.8. The Morgan fingerprint density at radius 2 is 1.30 bits per heavy atom. The zero-order chi connectivity index (χ0) is 38.2. The van der Waals surface area contributed by atoms with Crippen molar-refractivity contribution < 1.29 is 31.8 Å². The van der Waals surface area contributed by atoms with E-state index in [1.54, 1.807) is 71.7 Å². The first-order chi connectivity index (χ1) is 24.9. The number of hydrogen-bond acceptors (Lipinski definition) is 8. The lowest BCUT2D eigenvalue weighted by Gasteiger charge is -1.99. The molecule has 21 heteroatoms. The molecule has 5 N–H and O–H groups in total. The summed E-state index contributed by atoms with van der Waals surface area (Å²) in [4.78, 5) is 33.3. The average molecular weight is 1080 g/mol. The van der Waals surface area contributed by atoms with Crippen molar-refractivity contribution in [1.29, 1.82) is 0 Å². The standard InChI is InChI=1S/C12H7BrFN3.C9H7BrFN3.C8H5Br2FO.C4H5N3.BrH.F2.FH/c13-8-2-3-9(10(14)6-8)11-7-17-5-1-4-15-12(17)16-11;10-5-1-2-6(7(11)3-5)8-4-13-9(12)14-8;9-4-8(12)6-2-1-5(10)3-7(6)11;5-4-6-2-1-3-7-4;;1-2;/h1-7H;1-4H,(H3,12,13,14);1-3H,4H2;1-3H,(H2,5,6,7);1H;;1H. The van der Waals surface area contributed by atoms with Crippen LogP contribution in [0.3, 0.4) is 0 Å². The maximum Gasteiger partial charge on any atom is 0.234 e. The van der Waals surface area contributed by atoms with Crippen LogP contribution in [0.5, 0.6) is 0 Å². The van der Waals surface area contributed by atoms with Crippen molar-refractivity contribution in [3.05, 3.63) is 140 Å². The number of alkyl halides is 1. The molecule has 0 atom stereocenters. The SMILES string of the molecule is Br.F.FF.Fc1cc(Br)ccc1-c1cn2cccnc2n1.Nc1ncc(-c2ccc(Br)cc2F)[nH]1.Nc1ncccn1.O=C(CBr)c1ccc(Br)cc1F. The summed E-state index contributed by atoms with van der Waals surface area (Å²) in [6, 6.07) is 17.6. The van der Waals surface area contributed by atoms with Crippen LogP contribution in [-0.4, -0.2) is 45.4 Å². The predicted molar refractivity (Wildman–Crippen MR) is 216 cm³/mol. The van der Waals surface area contributed by atoms with Crippen molar-refractivity contribution in [3.63, 3.8) is 0 Å². The van der Waals surface area contributed by atoms with Crippen LogP contribution in [-0.2, 0) is 0 Å². The van der Waals surface area contributed by atoms with Gasteiger partial charge in [-0.3, -0.25) is 13.9 Å². The first-order valence-corrected chi connectivity index (χ1v) is 17.7. The second-order valence-corrected chi connectivity index (χ2v) is 13.0. The predicted octanol–water partition coefficient (Wildman–Crippen LogP) is 10.7. The highest BCUT2D eigenvalue weighted by molar-refractivity contribution is 9.11. The van der Waals surface area contributed by atoms with Gasteiger partial charge in [0.05, 0.1) is 28.5 Å². The van der Waals surface area contributed by atoms with E-state index in [2.05, 4.69) is 93.6 Å². The van der Waals surface area contributed by atoms with Crippen LogP contribution in [0.2, 0.25) is 0 Å². The number of aromatic amines is 1. The van der Waals surface area contributed by atoms with Crippen molar-refractivity contribution in [2.75, 3.05) is 16.8 Å². The number of ketones is 1. The number of aromatic nitrogens is 7. The van der Waals surface area contributed by atoms with Crippen molar-refractivity contribution in [2.45, 2.75) is 0 Å². The number of nitrogens with one attached hydrogen (secondary N) is 1. The molecule has 54 heavy (non-hydrogen) atoms. The molecule has 0 radical (unpaired) electrons. The maximum absolute atomic E-state index is 13.8. The van der Waals surface area contributed by atoms with E-state index in [1.165, 1.54) is 30.5 Å². The smallest absolute Gasteiger partial charge is 0.234 e. The van der Waals surface area contributed by atoms with Gasteiger partial charge in [-0.15, -0.1) is 17.0 Å². The Morgan fingerprint density at radius 1 is 0.759 bits per heavy atom. The molecule has 0 saturated heterocycles. The van der Waals surface area contributed by atoms with Gasteiger partial charge in [-0.25, -0.2) is 38.1 Å². The molecule has 286 valence electrons. The average Bonchev–Trinajstić information content (AvgIpc) is 3.76. The Kier molecular flexibility index (Phi) is 21.5. The molecule has 7 aromatic rings. The monoisotopic (exact) mass is 1070 g/mol. The van der Waals surface area contributed by atoms with Crippen LogP contribution in [0.4, 0.5) is 38.9 Å². The number of Topliss-reactive ketones (excluding diaryl/α,β-unsaturated/α-hetero) is 1. The zero-order valence-electron chi connectivity index (χ0n) is 27.0. The normalized spacial score (nSPS) is 9.57. The van der Waals surface area contributed by atoms with Gasteiger partial charge in [0.1, 0.15) is 17.5 Å². The summed E-state index contributed by atoms with van der Waals surface area (Å²) >= 11 is 12.5. The van der Waals surface area contributed by atoms with Gasteiger partial charge >= 0.3 is 0 Å². The first kappa shape index (κ1) is 47.8. The van der Waals surface area contributed by atoms with Gasteiger partial charge in [0.25, 0.3) is 0 Å². The summed E-state index contributed by atoms with van der Waals surface area (Å²) in [5, 5.41) is 0.144. The van der Waals surface area contributed by atoms with E-state index in [-0.39, 0.29) is 55.9 Å². The van der Waals surface area contributed by atoms with Crippen LogP contribution >= 0.6 is 80.7 Å². The molecule has 3 aromatic carbocycles. The summed E-state index contributed by atoms with van der Waals surface area (Å²) < 4.78 is 60.0. The molecule has 0 amide bonds. The van der Waals surface area contributed by atoms with Gasteiger partial charge in [0, 0.05) is 64.7 Å². The molecule has 0 spiro atoms. The van der Waals surface area contributed by atoms with E-state index < -0.39 is 5.82 Å². The third-order valence-corrected chi connectivity index (χ3v) is 8.19. The summed E-state index contributed by atoms with van der Waals surface area (Å²) in [7, 11) is 0. The molecule has 0 aliphatic rings. The minimum absolute atomic E-state index is 0. The number of carbonyl (C=O) groups excluding carboxylic acids is 1. The molecular formula is C33H26Br5F6N9O. The molecule has 0 fully saturated rings. The summed E-state index contributed by atoms with van der Waals surface area (Å²) in [5.41, 5.74) is 12.7. The molecule has 0 aliphatic carbocycles. The van der Waals surface area contributed by atoms with E-state index >= 15 is 0 Å². The van der Waals surface area contributed by atoms with Gasteiger partial charge in [0.2, 0.25) is 11.7 Å². The first-order valence-electron chi connectivity index (χ1n) is 14.2. The van der Waals surface area contributed by atoms with Crippen molar-refractivity contribution in [2.24, 2.45) is 0 Å². The zero-order valence-corrected chi connectivity index (χ0v) is 35.0. The summed E-state index contributed by atoms with van der Waals surface area (Å²) in [5.74, 6) is -0.200. The lowest BCUT2D eigenvalue weighted by molar-refractivity contribution is 0.102. The van der Waals surface area contributed by atoms with Crippen LogP contribution < -0.4 is 11.5 Å². The van der Waals surface area contributed by atoms with Crippen molar-refractivity contribution in [3.8, 4) is 22.5 Å². The number of nitrogens with two attached hydrogens (primary N) is 2. The van der Waals surface area contributed by atoms with Crippen LogP contribution in [0.25, 0.3) is 28.3 Å². The highest BCUT2D eigenvalue weighted by Gasteiger charge is 2.11. The van der Waals surface area contributed by atoms with Gasteiger partial charge in [0.15, 0.2) is 11.7 Å². The Morgan fingerprint density at radius 3 is 1.76 bits per heavy atom. The topological polar surface area (TPSA) is 154 Å². The molecule has 7 rings (SSSR count). The Hall–Kier alpha value is -4.18. The number of hydrogen-bond donors (Lipinski definition) is 3. The molecule has 0 saturated carbocycles. The Balaban J connectivity index is 0.000000362. The molecule has 4 aromatic heterocycles. The van der Waals surface area contributed by atoms with Gasteiger partial charge in [-0.2, -0.15) is 0 Å². The van der Waals surface area contributed by atoms with Gasteiger partial charge in [-0.05, 0) is 66.7 Å². The van der Waals surface area contributed by atoms with Gasteiger partial charge in [-0.1, -0.05) is 63.7 Å². The van der Waals surface area contributed by atoms with E-state index in [4.69, 9.17) is 20.6 Å².